The van der Waals surface area contributed by atoms with E-state index in [1.165, 1.54) is 17.9 Å². The Morgan fingerprint density at radius 3 is 3.06 bits per heavy atom. The first-order chi connectivity index (χ1) is 7.84. The number of piperidine rings is 1. The maximum Gasteiger partial charge on any atom is 0.315 e. The molecule has 2 fully saturated rings. The summed E-state index contributed by atoms with van der Waals surface area (Å²) in [6, 6.07) is 0.317. The van der Waals surface area contributed by atoms with Crippen molar-refractivity contribution in [2.75, 3.05) is 31.1 Å². The van der Waals surface area contributed by atoms with Gasteiger partial charge in [0.1, 0.15) is 0 Å². The van der Waals surface area contributed by atoms with Crippen molar-refractivity contribution < 1.29 is 4.79 Å². The molecule has 0 bridgehead atoms. The molecule has 4 nitrogen and oxygen atoms in total. The van der Waals surface area contributed by atoms with Gasteiger partial charge in [0, 0.05) is 19.1 Å². The van der Waals surface area contributed by atoms with Crippen molar-refractivity contribution in [1.29, 1.82) is 0 Å². The van der Waals surface area contributed by atoms with E-state index in [0.29, 0.717) is 12.0 Å². The van der Waals surface area contributed by atoms with E-state index in [4.69, 9.17) is 0 Å². The van der Waals surface area contributed by atoms with Crippen molar-refractivity contribution in [2.24, 2.45) is 5.92 Å². The maximum atomic E-state index is 11.6. The Bertz CT molecular complexity index is 225. The Balaban J connectivity index is 1.59. The highest BCUT2D eigenvalue weighted by Gasteiger charge is 2.18. The number of carbonyl (C=O) groups excluding carboxylic acids is 1. The molecule has 2 heterocycles. The third-order valence-electron chi connectivity index (χ3n) is 3.21. The molecule has 0 aromatic carbocycles. The van der Waals surface area contributed by atoms with E-state index in [-0.39, 0.29) is 6.03 Å². The molecule has 0 aromatic heterocycles. The van der Waals surface area contributed by atoms with Crippen LogP contribution in [0.5, 0.6) is 0 Å². The lowest BCUT2D eigenvalue weighted by atomic mass is 10.1. The molecule has 16 heavy (non-hydrogen) atoms. The van der Waals surface area contributed by atoms with Crippen LogP contribution in [0.3, 0.4) is 0 Å². The molecule has 0 spiro atoms. The van der Waals surface area contributed by atoms with Gasteiger partial charge in [0.05, 0.1) is 0 Å². The van der Waals surface area contributed by atoms with Gasteiger partial charge in [-0.2, -0.15) is 11.8 Å². The molecular weight excluding hydrogens is 222 g/mol. The molecule has 92 valence electrons. The zero-order valence-corrected chi connectivity index (χ0v) is 10.4. The second kappa shape index (κ2) is 6.35. The van der Waals surface area contributed by atoms with E-state index >= 15 is 0 Å². The largest absolute Gasteiger partial charge is 0.338 e. The molecule has 0 aliphatic carbocycles. The van der Waals surface area contributed by atoms with Crippen LogP contribution in [0.2, 0.25) is 0 Å². The quantitative estimate of drug-likeness (QED) is 0.687. The number of amides is 2. The number of thioether (sulfide) groups is 1. The lowest BCUT2D eigenvalue weighted by molar-refractivity contribution is 0.232. The summed E-state index contributed by atoms with van der Waals surface area (Å²) in [5.74, 6) is 3.13. The minimum absolute atomic E-state index is 0.00519. The van der Waals surface area contributed by atoms with Crippen LogP contribution < -0.4 is 16.0 Å². The average Bonchev–Trinajstić information content (AvgIpc) is 2.81. The fourth-order valence-corrected chi connectivity index (χ4v) is 3.48. The lowest BCUT2D eigenvalue weighted by Gasteiger charge is -2.24. The Hall–Kier alpha value is -0.420. The summed E-state index contributed by atoms with van der Waals surface area (Å²) in [5.41, 5.74) is 0. The molecule has 0 saturated carbocycles. The molecule has 2 saturated heterocycles. The van der Waals surface area contributed by atoms with Gasteiger partial charge in [-0.1, -0.05) is 0 Å². The van der Waals surface area contributed by atoms with Gasteiger partial charge in [0.2, 0.25) is 0 Å². The maximum absolute atomic E-state index is 11.6. The van der Waals surface area contributed by atoms with Crippen LogP contribution in [-0.4, -0.2) is 43.2 Å². The van der Waals surface area contributed by atoms with Gasteiger partial charge in [-0.3, -0.25) is 0 Å². The van der Waals surface area contributed by atoms with Crippen molar-refractivity contribution in [3.05, 3.63) is 0 Å². The number of nitrogens with one attached hydrogen (secondary N) is 3. The van der Waals surface area contributed by atoms with E-state index in [1.807, 2.05) is 11.8 Å². The van der Waals surface area contributed by atoms with Crippen molar-refractivity contribution in [2.45, 2.75) is 25.3 Å². The van der Waals surface area contributed by atoms with Crippen LogP contribution in [-0.2, 0) is 0 Å². The predicted octanol–water partition coefficient (Wildman–Crippen LogP) is 0.791. The summed E-state index contributed by atoms with van der Waals surface area (Å²) >= 11 is 1.99. The third kappa shape index (κ3) is 3.87. The SMILES string of the molecule is O=C(NCC1CCSC1)NC1CCCNC1. The van der Waals surface area contributed by atoms with E-state index < -0.39 is 0 Å². The molecule has 0 aromatic rings. The Kier molecular flexibility index (Phi) is 4.78. The van der Waals surface area contributed by atoms with E-state index in [0.717, 1.165) is 32.5 Å². The number of carbonyl (C=O) groups is 1. The highest BCUT2D eigenvalue weighted by atomic mass is 32.2. The topological polar surface area (TPSA) is 53.2 Å². The van der Waals surface area contributed by atoms with E-state index in [2.05, 4.69) is 16.0 Å². The van der Waals surface area contributed by atoms with Crippen LogP contribution in [0.4, 0.5) is 4.79 Å². The Labute approximate surface area is 101 Å². The van der Waals surface area contributed by atoms with Crippen molar-refractivity contribution in [3.63, 3.8) is 0 Å². The first-order valence-electron chi connectivity index (χ1n) is 6.17. The highest BCUT2D eigenvalue weighted by Crippen LogP contribution is 2.22. The van der Waals surface area contributed by atoms with Gasteiger partial charge in [0.25, 0.3) is 0 Å². The zero-order chi connectivity index (χ0) is 11.2. The van der Waals surface area contributed by atoms with Gasteiger partial charge in [-0.25, -0.2) is 4.79 Å². The predicted molar refractivity (Wildman–Crippen MR) is 67.9 cm³/mol. The van der Waals surface area contributed by atoms with E-state index in [1.54, 1.807) is 0 Å². The molecule has 2 aliphatic rings. The molecule has 2 amide bonds. The van der Waals surface area contributed by atoms with Crippen LogP contribution in [0.25, 0.3) is 0 Å². The molecule has 2 unspecified atom stereocenters. The number of hydrogen-bond donors (Lipinski definition) is 3. The van der Waals surface area contributed by atoms with Gasteiger partial charge in [0.15, 0.2) is 0 Å². The molecule has 2 rings (SSSR count). The van der Waals surface area contributed by atoms with Gasteiger partial charge >= 0.3 is 6.03 Å². The van der Waals surface area contributed by atoms with Crippen LogP contribution in [0, 0.1) is 5.92 Å². The van der Waals surface area contributed by atoms with Gasteiger partial charge in [-0.15, -0.1) is 0 Å². The smallest absolute Gasteiger partial charge is 0.315 e. The summed E-state index contributed by atoms with van der Waals surface area (Å²) in [6.07, 6.45) is 3.50. The normalized spacial score (nSPS) is 30.0. The monoisotopic (exact) mass is 243 g/mol. The molecular formula is C11H21N3OS. The minimum atomic E-state index is 0.00519. The Morgan fingerprint density at radius 2 is 2.38 bits per heavy atom. The molecule has 0 radical (unpaired) electrons. The summed E-state index contributed by atoms with van der Waals surface area (Å²) < 4.78 is 0. The van der Waals surface area contributed by atoms with Gasteiger partial charge in [-0.05, 0) is 43.2 Å². The van der Waals surface area contributed by atoms with Crippen LogP contribution in [0.1, 0.15) is 19.3 Å². The second-order valence-electron chi connectivity index (χ2n) is 4.63. The number of urea groups is 1. The molecule has 2 atom stereocenters. The summed E-state index contributed by atoms with van der Waals surface area (Å²) in [7, 11) is 0. The fourth-order valence-electron chi connectivity index (χ4n) is 2.19. The first kappa shape index (κ1) is 12.0. The van der Waals surface area contributed by atoms with Gasteiger partial charge < -0.3 is 16.0 Å². The highest BCUT2D eigenvalue weighted by molar-refractivity contribution is 7.99. The first-order valence-corrected chi connectivity index (χ1v) is 7.33. The second-order valence-corrected chi connectivity index (χ2v) is 5.78. The van der Waals surface area contributed by atoms with E-state index in [9.17, 15) is 4.79 Å². The Morgan fingerprint density at radius 1 is 1.44 bits per heavy atom. The lowest BCUT2D eigenvalue weighted by Crippen LogP contribution is -2.49. The van der Waals surface area contributed by atoms with Crippen LogP contribution in [0.15, 0.2) is 0 Å². The fraction of sp³-hybridized carbons (Fsp3) is 0.909. The van der Waals surface area contributed by atoms with Crippen molar-refractivity contribution in [3.8, 4) is 0 Å². The summed E-state index contributed by atoms with van der Waals surface area (Å²) in [4.78, 5) is 11.6. The number of hydrogen-bond acceptors (Lipinski definition) is 3. The summed E-state index contributed by atoms with van der Waals surface area (Å²) in [6.45, 7) is 2.82. The summed E-state index contributed by atoms with van der Waals surface area (Å²) in [5, 5.41) is 9.30. The molecule has 3 N–H and O–H groups in total. The minimum Gasteiger partial charge on any atom is -0.338 e. The van der Waals surface area contributed by atoms with Crippen LogP contribution >= 0.6 is 11.8 Å². The average molecular weight is 243 g/mol. The number of rotatable bonds is 3. The molecule has 5 heteroatoms. The van der Waals surface area contributed by atoms with Crippen molar-refractivity contribution in [1.82, 2.24) is 16.0 Å². The standard InChI is InChI=1S/C11H21N3OS/c15-11(13-6-9-3-5-16-8-9)14-10-2-1-4-12-7-10/h9-10,12H,1-8H2,(H2,13,14,15). The third-order valence-corrected chi connectivity index (χ3v) is 4.44. The molecule has 2 aliphatic heterocycles. The van der Waals surface area contributed by atoms with Crippen molar-refractivity contribution >= 4 is 17.8 Å². The zero-order valence-electron chi connectivity index (χ0n) is 9.63.